The SMILES string of the molecule is CCCCCC1C(=O)N(c2ccccc2)c2nc3ccccc3cc21. The molecule has 1 amide bonds. The molecule has 0 aliphatic carbocycles. The maximum Gasteiger partial charge on any atom is 0.240 e. The summed E-state index contributed by atoms with van der Waals surface area (Å²) >= 11 is 0. The summed E-state index contributed by atoms with van der Waals surface area (Å²) in [6.07, 6.45) is 4.28. The van der Waals surface area contributed by atoms with Crippen molar-refractivity contribution < 1.29 is 4.79 Å². The Labute approximate surface area is 148 Å². The van der Waals surface area contributed by atoms with Crippen LogP contribution < -0.4 is 4.90 Å². The molecule has 3 heteroatoms. The highest BCUT2D eigenvalue weighted by atomic mass is 16.2. The van der Waals surface area contributed by atoms with E-state index in [2.05, 4.69) is 19.1 Å². The van der Waals surface area contributed by atoms with Crippen molar-refractivity contribution in [3.8, 4) is 0 Å². The van der Waals surface area contributed by atoms with E-state index in [-0.39, 0.29) is 11.8 Å². The molecule has 0 N–H and O–H groups in total. The highest BCUT2D eigenvalue weighted by Gasteiger charge is 2.39. The van der Waals surface area contributed by atoms with Gasteiger partial charge < -0.3 is 0 Å². The molecule has 0 saturated heterocycles. The lowest BCUT2D eigenvalue weighted by Crippen LogP contribution is -2.24. The fourth-order valence-corrected chi connectivity index (χ4v) is 3.65. The van der Waals surface area contributed by atoms with Crippen LogP contribution in [0.1, 0.15) is 44.1 Å². The van der Waals surface area contributed by atoms with E-state index in [1.54, 1.807) is 4.90 Å². The predicted molar refractivity (Wildman–Crippen MR) is 102 cm³/mol. The third-order valence-electron chi connectivity index (χ3n) is 4.95. The number of pyridine rings is 1. The van der Waals surface area contributed by atoms with Crippen LogP contribution in [0.2, 0.25) is 0 Å². The zero-order valence-corrected chi connectivity index (χ0v) is 14.5. The first-order valence-corrected chi connectivity index (χ1v) is 9.08. The van der Waals surface area contributed by atoms with Crippen LogP contribution in [-0.2, 0) is 4.79 Å². The standard InChI is InChI=1S/C22H22N2O/c1-2-3-5-13-18-19-15-16-10-8-9-14-20(16)23-21(19)24(22(18)25)17-11-6-4-7-12-17/h4,6-12,14-15,18H,2-3,5,13H2,1H3. The molecule has 0 bridgehead atoms. The third kappa shape index (κ3) is 2.80. The quantitative estimate of drug-likeness (QED) is 0.572. The highest BCUT2D eigenvalue weighted by Crippen LogP contribution is 2.44. The van der Waals surface area contributed by atoms with E-state index in [1.807, 2.05) is 48.5 Å². The van der Waals surface area contributed by atoms with Crippen LogP contribution >= 0.6 is 0 Å². The number of rotatable bonds is 5. The number of fused-ring (bicyclic) bond motifs is 2. The lowest BCUT2D eigenvalue weighted by atomic mass is 9.94. The number of carbonyl (C=O) groups excluding carboxylic acids is 1. The fraction of sp³-hybridized carbons (Fsp3) is 0.273. The topological polar surface area (TPSA) is 33.2 Å². The van der Waals surface area contributed by atoms with Crippen LogP contribution in [0.3, 0.4) is 0 Å². The molecule has 1 aliphatic rings. The van der Waals surface area contributed by atoms with E-state index >= 15 is 0 Å². The first kappa shape index (κ1) is 15.8. The maximum atomic E-state index is 13.2. The summed E-state index contributed by atoms with van der Waals surface area (Å²) in [5, 5.41) is 1.10. The second-order valence-corrected chi connectivity index (χ2v) is 6.65. The summed E-state index contributed by atoms with van der Waals surface area (Å²) in [5.74, 6) is 0.871. The zero-order chi connectivity index (χ0) is 17.2. The van der Waals surface area contributed by atoms with Crippen molar-refractivity contribution in [2.24, 2.45) is 0 Å². The molecule has 0 spiro atoms. The summed E-state index contributed by atoms with van der Waals surface area (Å²) < 4.78 is 0. The highest BCUT2D eigenvalue weighted by molar-refractivity contribution is 6.10. The first-order valence-electron chi connectivity index (χ1n) is 9.08. The van der Waals surface area contributed by atoms with Gasteiger partial charge in [-0.1, -0.05) is 62.6 Å². The molecule has 3 nitrogen and oxygen atoms in total. The van der Waals surface area contributed by atoms with Gasteiger partial charge in [0.25, 0.3) is 0 Å². The van der Waals surface area contributed by atoms with Crippen LogP contribution in [0.25, 0.3) is 10.9 Å². The minimum atomic E-state index is -0.0844. The van der Waals surface area contributed by atoms with Gasteiger partial charge in [-0.15, -0.1) is 0 Å². The van der Waals surface area contributed by atoms with Gasteiger partial charge in [-0.3, -0.25) is 9.69 Å². The molecule has 2 aromatic carbocycles. The number of anilines is 2. The van der Waals surface area contributed by atoms with Gasteiger partial charge in [-0.2, -0.15) is 0 Å². The van der Waals surface area contributed by atoms with E-state index in [4.69, 9.17) is 4.98 Å². The lowest BCUT2D eigenvalue weighted by molar-refractivity contribution is -0.118. The number of para-hydroxylation sites is 2. The van der Waals surface area contributed by atoms with Crippen molar-refractivity contribution in [2.45, 2.75) is 38.5 Å². The Morgan fingerprint density at radius 2 is 1.76 bits per heavy atom. The minimum absolute atomic E-state index is 0.0844. The molecule has 25 heavy (non-hydrogen) atoms. The number of benzene rings is 2. The molecule has 1 unspecified atom stereocenters. The molecule has 0 saturated carbocycles. The average Bonchev–Trinajstić information content (AvgIpc) is 2.92. The number of hydrogen-bond donors (Lipinski definition) is 0. The Bertz CT molecular complexity index is 904. The van der Waals surface area contributed by atoms with E-state index in [0.717, 1.165) is 53.7 Å². The number of carbonyl (C=O) groups is 1. The van der Waals surface area contributed by atoms with Crippen LogP contribution in [0.5, 0.6) is 0 Å². The molecule has 1 aromatic heterocycles. The number of aromatic nitrogens is 1. The summed E-state index contributed by atoms with van der Waals surface area (Å²) in [7, 11) is 0. The van der Waals surface area contributed by atoms with Crippen molar-refractivity contribution in [1.29, 1.82) is 0 Å². The third-order valence-corrected chi connectivity index (χ3v) is 4.95. The van der Waals surface area contributed by atoms with Crippen molar-refractivity contribution in [2.75, 3.05) is 4.90 Å². The van der Waals surface area contributed by atoms with Crippen molar-refractivity contribution in [3.63, 3.8) is 0 Å². The molecule has 0 fully saturated rings. The van der Waals surface area contributed by atoms with Gasteiger partial charge in [0.1, 0.15) is 5.82 Å². The normalized spacial score (nSPS) is 16.4. The maximum absolute atomic E-state index is 13.2. The van der Waals surface area contributed by atoms with Crippen LogP contribution in [0.15, 0.2) is 60.7 Å². The van der Waals surface area contributed by atoms with Gasteiger partial charge in [0, 0.05) is 10.9 Å². The van der Waals surface area contributed by atoms with Gasteiger partial charge in [-0.25, -0.2) is 4.98 Å². The van der Waals surface area contributed by atoms with Crippen molar-refractivity contribution >= 4 is 28.3 Å². The summed E-state index contributed by atoms with van der Waals surface area (Å²) in [5.41, 5.74) is 2.90. The lowest BCUT2D eigenvalue weighted by Gasteiger charge is -2.17. The Kier molecular flexibility index (Phi) is 4.22. The second kappa shape index (κ2) is 6.67. The van der Waals surface area contributed by atoms with Crippen molar-refractivity contribution in [1.82, 2.24) is 4.98 Å². The van der Waals surface area contributed by atoms with Gasteiger partial charge in [-0.05, 0) is 30.7 Å². The largest absolute Gasteiger partial charge is 0.273 e. The van der Waals surface area contributed by atoms with Crippen molar-refractivity contribution in [3.05, 3.63) is 66.2 Å². The molecule has 2 heterocycles. The van der Waals surface area contributed by atoms with Gasteiger partial charge >= 0.3 is 0 Å². The van der Waals surface area contributed by atoms with E-state index in [9.17, 15) is 4.79 Å². The van der Waals surface area contributed by atoms with Gasteiger partial charge in [0.2, 0.25) is 5.91 Å². The van der Waals surface area contributed by atoms with Gasteiger partial charge in [0.05, 0.1) is 17.1 Å². The van der Waals surface area contributed by atoms with E-state index in [1.165, 1.54) is 0 Å². The summed E-state index contributed by atoms with van der Waals surface area (Å²) in [6.45, 7) is 2.19. The molecular weight excluding hydrogens is 308 g/mol. The van der Waals surface area contributed by atoms with Crippen LogP contribution in [0, 0.1) is 0 Å². The Hall–Kier alpha value is -2.68. The molecule has 1 atom stereocenters. The molecule has 1 aliphatic heterocycles. The number of hydrogen-bond acceptors (Lipinski definition) is 2. The molecule has 4 rings (SSSR count). The molecule has 0 radical (unpaired) electrons. The molecule has 126 valence electrons. The zero-order valence-electron chi connectivity index (χ0n) is 14.5. The van der Waals surface area contributed by atoms with E-state index < -0.39 is 0 Å². The Morgan fingerprint density at radius 1 is 1.00 bits per heavy atom. The van der Waals surface area contributed by atoms with Crippen LogP contribution in [0.4, 0.5) is 11.5 Å². The average molecular weight is 330 g/mol. The van der Waals surface area contributed by atoms with Gasteiger partial charge in [0.15, 0.2) is 0 Å². The van der Waals surface area contributed by atoms with Crippen LogP contribution in [-0.4, -0.2) is 10.9 Å². The monoisotopic (exact) mass is 330 g/mol. The smallest absolute Gasteiger partial charge is 0.240 e. The van der Waals surface area contributed by atoms with E-state index in [0.29, 0.717) is 0 Å². The molecular formula is C22H22N2O. The second-order valence-electron chi connectivity index (χ2n) is 6.65. The number of unbranched alkanes of at least 4 members (excludes halogenated alkanes) is 2. The molecule has 3 aromatic rings. The number of nitrogens with zero attached hydrogens (tertiary/aromatic N) is 2. The first-order chi connectivity index (χ1) is 12.3. The summed E-state index contributed by atoms with van der Waals surface area (Å²) in [4.78, 5) is 19.9. The number of amides is 1. The minimum Gasteiger partial charge on any atom is -0.273 e. The fourth-order valence-electron chi connectivity index (χ4n) is 3.65. The Morgan fingerprint density at radius 3 is 2.56 bits per heavy atom. The predicted octanol–water partition coefficient (Wildman–Crippen LogP) is 5.58. The summed E-state index contributed by atoms with van der Waals surface area (Å²) in [6, 6.07) is 20.1. The Balaban J connectivity index is 1.83.